The number of benzene rings is 1. The van der Waals surface area contributed by atoms with E-state index in [2.05, 4.69) is 10.0 Å². The van der Waals surface area contributed by atoms with Crippen LogP contribution in [0.1, 0.15) is 11.6 Å². The van der Waals surface area contributed by atoms with E-state index < -0.39 is 17.6 Å². The molecule has 0 spiro atoms. The number of aliphatic hydroxyl groups is 1. The number of nitro groups is 1. The Kier molecular flexibility index (Phi) is 3.65. The predicted octanol–water partition coefficient (Wildman–Crippen LogP) is 1.64. The molecule has 2 N–H and O–H groups in total. The summed E-state index contributed by atoms with van der Waals surface area (Å²) >= 11 is 0. The van der Waals surface area contributed by atoms with Gasteiger partial charge in [0.1, 0.15) is 5.75 Å². The molecule has 0 heterocycles. The number of azide groups is 1. The van der Waals surface area contributed by atoms with Gasteiger partial charge in [-0.15, -0.1) is 0 Å². The SMILES string of the molecule is [N-]=[N+]=NC(CO)c1cc([N+](=O)[O-])ccc1O. The first kappa shape index (κ1) is 11.8. The van der Waals surface area contributed by atoms with Crippen LogP contribution < -0.4 is 0 Å². The minimum Gasteiger partial charge on any atom is -0.508 e. The Bertz CT molecular complexity index is 455. The van der Waals surface area contributed by atoms with Gasteiger partial charge in [0, 0.05) is 22.6 Å². The summed E-state index contributed by atoms with van der Waals surface area (Å²) in [7, 11) is 0. The molecule has 0 saturated carbocycles. The first-order valence-corrected chi connectivity index (χ1v) is 4.22. The van der Waals surface area contributed by atoms with Crippen molar-refractivity contribution < 1.29 is 15.1 Å². The third kappa shape index (κ3) is 2.38. The largest absolute Gasteiger partial charge is 0.508 e. The van der Waals surface area contributed by atoms with E-state index in [1.54, 1.807) is 0 Å². The van der Waals surface area contributed by atoms with E-state index in [9.17, 15) is 15.2 Å². The second kappa shape index (κ2) is 4.96. The van der Waals surface area contributed by atoms with Crippen molar-refractivity contribution in [3.05, 3.63) is 44.3 Å². The predicted molar refractivity (Wildman–Crippen MR) is 53.7 cm³/mol. The number of hydrogen-bond acceptors (Lipinski definition) is 5. The Hall–Kier alpha value is -2.31. The fraction of sp³-hybridized carbons (Fsp3) is 0.250. The summed E-state index contributed by atoms with van der Waals surface area (Å²) in [6.07, 6.45) is 0. The van der Waals surface area contributed by atoms with E-state index in [0.717, 1.165) is 18.2 Å². The van der Waals surface area contributed by atoms with Crippen LogP contribution in [0.4, 0.5) is 5.69 Å². The van der Waals surface area contributed by atoms with Crippen LogP contribution in [-0.4, -0.2) is 21.7 Å². The first-order chi connectivity index (χ1) is 7.60. The Morgan fingerprint density at radius 1 is 1.62 bits per heavy atom. The Morgan fingerprint density at radius 3 is 2.81 bits per heavy atom. The molecule has 0 aromatic heterocycles. The van der Waals surface area contributed by atoms with Crippen molar-refractivity contribution in [3.63, 3.8) is 0 Å². The van der Waals surface area contributed by atoms with Gasteiger partial charge in [0.2, 0.25) is 0 Å². The van der Waals surface area contributed by atoms with E-state index in [4.69, 9.17) is 10.6 Å². The maximum atomic E-state index is 10.5. The van der Waals surface area contributed by atoms with E-state index >= 15 is 0 Å². The van der Waals surface area contributed by atoms with Crippen LogP contribution in [0.5, 0.6) is 5.75 Å². The normalized spacial score (nSPS) is 11.6. The highest BCUT2D eigenvalue weighted by Crippen LogP contribution is 2.30. The summed E-state index contributed by atoms with van der Waals surface area (Å²) in [4.78, 5) is 12.3. The topological polar surface area (TPSA) is 132 Å². The molecule has 8 heteroatoms. The van der Waals surface area contributed by atoms with Crippen LogP contribution in [0.2, 0.25) is 0 Å². The Morgan fingerprint density at radius 2 is 2.31 bits per heavy atom. The molecule has 0 radical (unpaired) electrons. The Labute approximate surface area is 89.5 Å². The molecule has 16 heavy (non-hydrogen) atoms. The van der Waals surface area contributed by atoms with Gasteiger partial charge in [-0.2, -0.15) is 0 Å². The number of hydrogen-bond donors (Lipinski definition) is 2. The second-order valence-electron chi connectivity index (χ2n) is 2.90. The number of phenolic OH excluding ortho intramolecular Hbond substituents is 1. The molecule has 84 valence electrons. The highest BCUT2D eigenvalue weighted by Gasteiger charge is 2.17. The molecule has 1 rings (SSSR count). The van der Waals surface area contributed by atoms with Crippen molar-refractivity contribution >= 4 is 5.69 Å². The molecule has 1 unspecified atom stereocenters. The smallest absolute Gasteiger partial charge is 0.269 e. The maximum Gasteiger partial charge on any atom is 0.269 e. The van der Waals surface area contributed by atoms with E-state index in [-0.39, 0.29) is 17.0 Å². The minimum absolute atomic E-state index is 0.0227. The lowest BCUT2D eigenvalue weighted by molar-refractivity contribution is -0.385. The van der Waals surface area contributed by atoms with Crippen molar-refractivity contribution in [2.45, 2.75) is 6.04 Å². The molecular formula is C8H8N4O4. The zero-order chi connectivity index (χ0) is 12.1. The van der Waals surface area contributed by atoms with Gasteiger partial charge in [0.05, 0.1) is 17.6 Å². The molecule has 1 aromatic rings. The van der Waals surface area contributed by atoms with Crippen molar-refractivity contribution in [2.24, 2.45) is 5.11 Å². The number of nitro benzene ring substituents is 1. The number of aliphatic hydroxyl groups excluding tert-OH is 1. The maximum absolute atomic E-state index is 10.5. The second-order valence-corrected chi connectivity index (χ2v) is 2.90. The third-order valence-corrected chi connectivity index (χ3v) is 1.94. The summed E-state index contributed by atoms with van der Waals surface area (Å²) in [5.74, 6) is -0.267. The van der Waals surface area contributed by atoms with Crippen molar-refractivity contribution in [1.82, 2.24) is 0 Å². The minimum atomic E-state index is -1.04. The van der Waals surface area contributed by atoms with Gasteiger partial charge < -0.3 is 10.2 Å². The summed E-state index contributed by atoms with van der Waals surface area (Å²) < 4.78 is 0. The summed E-state index contributed by atoms with van der Waals surface area (Å²) in [6, 6.07) is 2.25. The monoisotopic (exact) mass is 224 g/mol. The quantitative estimate of drug-likeness (QED) is 0.264. The van der Waals surface area contributed by atoms with Gasteiger partial charge in [-0.25, -0.2) is 0 Å². The third-order valence-electron chi connectivity index (χ3n) is 1.94. The van der Waals surface area contributed by atoms with Gasteiger partial charge in [0.15, 0.2) is 0 Å². The molecule has 0 bridgehead atoms. The summed E-state index contributed by atoms with van der Waals surface area (Å²) in [6.45, 7) is -0.543. The van der Waals surface area contributed by atoms with Crippen LogP contribution in [0.15, 0.2) is 23.3 Å². The van der Waals surface area contributed by atoms with Gasteiger partial charge in [-0.1, -0.05) is 5.11 Å². The molecule has 0 aliphatic heterocycles. The molecular weight excluding hydrogens is 216 g/mol. The van der Waals surface area contributed by atoms with Crippen LogP contribution in [0, 0.1) is 10.1 Å². The number of rotatable bonds is 4. The molecule has 0 aliphatic carbocycles. The number of non-ortho nitro benzene ring substituents is 1. The molecule has 0 amide bonds. The zero-order valence-electron chi connectivity index (χ0n) is 8.02. The van der Waals surface area contributed by atoms with Gasteiger partial charge >= 0.3 is 0 Å². The van der Waals surface area contributed by atoms with E-state index in [0.29, 0.717) is 0 Å². The molecule has 1 aromatic carbocycles. The van der Waals surface area contributed by atoms with Crippen LogP contribution in [-0.2, 0) is 0 Å². The highest BCUT2D eigenvalue weighted by atomic mass is 16.6. The molecule has 0 saturated heterocycles. The van der Waals surface area contributed by atoms with Crippen LogP contribution in [0.25, 0.3) is 10.4 Å². The van der Waals surface area contributed by atoms with Crippen LogP contribution >= 0.6 is 0 Å². The molecule has 0 aliphatic rings. The van der Waals surface area contributed by atoms with Crippen molar-refractivity contribution in [3.8, 4) is 5.75 Å². The Balaban J connectivity index is 3.24. The fourth-order valence-corrected chi connectivity index (χ4v) is 1.18. The van der Waals surface area contributed by atoms with Crippen LogP contribution in [0.3, 0.4) is 0 Å². The van der Waals surface area contributed by atoms with E-state index in [1.165, 1.54) is 0 Å². The lowest BCUT2D eigenvalue weighted by Gasteiger charge is -2.09. The lowest BCUT2D eigenvalue weighted by Crippen LogP contribution is -2.01. The number of phenols is 1. The standard InChI is InChI=1S/C8H8N4O4/c9-11-10-7(4-13)6-3-5(12(15)16)1-2-8(6)14/h1-3,7,13-14H,4H2. The molecule has 0 fully saturated rings. The molecule has 1 atom stereocenters. The van der Waals surface area contributed by atoms with Gasteiger partial charge in [0.25, 0.3) is 5.69 Å². The summed E-state index contributed by atoms with van der Waals surface area (Å²) in [5, 5.41) is 32.1. The van der Waals surface area contributed by atoms with Crippen molar-refractivity contribution in [2.75, 3.05) is 6.61 Å². The van der Waals surface area contributed by atoms with E-state index in [1.807, 2.05) is 0 Å². The summed E-state index contributed by atoms with van der Waals surface area (Å²) in [5.41, 5.74) is 8.00. The van der Waals surface area contributed by atoms with Gasteiger partial charge in [-0.05, 0) is 11.6 Å². The first-order valence-electron chi connectivity index (χ1n) is 4.22. The average Bonchev–Trinajstić information content (AvgIpc) is 2.26. The lowest BCUT2D eigenvalue weighted by atomic mass is 10.1. The van der Waals surface area contributed by atoms with Crippen molar-refractivity contribution in [1.29, 1.82) is 0 Å². The molecule has 8 nitrogen and oxygen atoms in total. The average molecular weight is 224 g/mol. The number of aromatic hydroxyl groups is 1. The fourth-order valence-electron chi connectivity index (χ4n) is 1.18. The highest BCUT2D eigenvalue weighted by molar-refractivity contribution is 5.44. The number of nitrogens with zero attached hydrogens (tertiary/aromatic N) is 4. The zero-order valence-corrected chi connectivity index (χ0v) is 8.02. The van der Waals surface area contributed by atoms with Gasteiger partial charge in [-0.3, -0.25) is 10.1 Å².